The van der Waals surface area contributed by atoms with Gasteiger partial charge in [0.2, 0.25) is 17.8 Å². The van der Waals surface area contributed by atoms with Crippen LogP contribution in [0.3, 0.4) is 0 Å². The van der Waals surface area contributed by atoms with Crippen LogP contribution in [0.4, 0.5) is 5.95 Å². The lowest BCUT2D eigenvalue weighted by Gasteiger charge is -2.13. The Morgan fingerprint density at radius 1 is 0.902 bits per heavy atom. The number of ether oxygens (including phenoxy) is 2. The van der Waals surface area contributed by atoms with E-state index < -0.39 is 11.9 Å². The minimum absolute atomic E-state index is 0.00765. The van der Waals surface area contributed by atoms with Crippen molar-refractivity contribution in [1.82, 2.24) is 19.1 Å². The quantitative estimate of drug-likeness (QED) is 0.309. The molecule has 2 aromatic carbocycles. The van der Waals surface area contributed by atoms with Crippen LogP contribution >= 0.6 is 0 Å². The van der Waals surface area contributed by atoms with Crippen LogP contribution in [-0.2, 0) is 29.1 Å². The fourth-order valence-corrected chi connectivity index (χ4v) is 4.76. The first kappa shape index (κ1) is 27.4. The molecule has 1 aliphatic rings. The number of carbonyl (C=O) groups excluding carboxylic acids is 3. The van der Waals surface area contributed by atoms with Gasteiger partial charge in [-0.15, -0.1) is 0 Å². The smallest absolute Gasteiger partial charge is 0.335 e. The number of nitrogens with two attached hydrogens (primary N) is 1. The van der Waals surface area contributed by atoms with Gasteiger partial charge >= 0.3 is 5.97 Å². The van der Waals surface area contributed by atoms with Gasteiger partial charge in [-0.05, 0) is 31.2 Å². The third-order valence-corrected chi connectivity index (χ3v) is 6.47. The van der Waals surface area contributed by atoms with Gasteiger partial charge in [0.1, 0.15) is 34.1 Å². The van der Waals surface area contributed by atoms with E-state index in [9.17, 15) is 24.3 Å². The van der Waals surface area contributed by atoms with Crippen molar-refractivity contribution in [2.24, 2.45) is 5.73 Å². The molecule has 0 unspecified atom stereocenters. The molecule has 4 aromatic rings. The Morgan fingerprint density at radius 2 is 1.49 bits per heavy atom. The zero-order valence-electron chi connectivity index (χ0n) is 22.5. The molecule has 212 valence electrons. The summed E-state index contributed by atoms with van der Waals surface area (Å²) in [5.41, 5.74) is 7.73. The second kappa shape index (κ2) is 11.1. The third-order valence-electron chi connectivity index (χ3n) is 6.47. The fourth-order valence-electron chi connectivity index (χ4n) is 4.76. The Morgan fingerprint density at radius 3 is 2.10 bits per heavy atom. The molecule has 2 aromatic heterocycles. The van der Waals surface area contributed by atoms with Crippen LogP contribution < -0.4 is 20.5 Å². The summed E-state index contributed by atoms with van der Waals surface area (Å²) in [5.74, 6) is -0.765. The number of carboxylic acids is 1. The fraction of sp³-hybridized carbons (Fsp3) is 0.286. The zero-order valence-corrected chi connectivity index (χ0v) is 22.5. The van der Waals surface area contributed by atoms with Gasteiger partial charge in [0.15, 0.2) is 0 Å². The number of Topliss-reactive ketones (excluding diaryl/α,β-unsaturated/α-hetero) is 1. The molecule has 0 radical (unpaired) electrons. The van der Waals surface area contributed by atoms with Crippen LogP contribution in [0.1, 0.15) is 46.8 Å². The molecule has 0 spiro atoms. The molecule has 1 aliphatic heterocycles. The van der Waals surface area contributed by atoms with Gasteiger partial charge in [-0.3, -0.25) is 19.7 Å². The predicted octanol–water partition coefficient (Wildman–Crippen LogP) is 2.69. The summed E-state index contributed by atoms with van der Waals surface area (Å²) in [4.78, 5) is 56.9. The molecule has 13 heteroatoms. The van der Waals surface area contributed by atoms with Gasteiger partial charge in [0.25, 0.3) is 0 Å². The van der Waals surface area contributed by atoms with Crippen molar-refractivity contribution >= 4 is 51.6 Å². The van der Waals surface area contributed by atoms with E-state index in [-0.39, 0.29) is 54.9 Å². The number of ketones is 1. The Balaban J connectivity index is 1.63. The van der Waals surface area contributed by atoms with Crippen LogP contribution in [-0.4, -0.2) is 61.0 Å². The number of hydrogen-bond donors (Lipinski definition) is 3. The highest BCUT2D eigenvalue weighted by Gasteiger charge is 2.21. The van der Waals surface area contributed by atoms with Crippen molar-refractivity contribution in [3.63, 3.8) is 0 Å². The number of carboxylic acid groups (broad SMARTS) is 1. The van der Waals surface area contributed by atoms with Gasteiger partial charge in [-0.2, -0.15) is 0 Å². The second-order valence-electron chi connectivity index (χ2n) is 9.62. The van der Waals surface area contributed by atoms with E-state index in [1.165, 1.54) is 26.0 Å². The molecule has 0 fully saturated rings. The van der Waals surface area contributed by atoms with Crippen LogP contribution in [0.2, 0.25) is 0 Å². The number of carbonyl (C=O) groups is 4. The Kier molecular flexibility index (Phi) is 7.42. The number of hydrogen-bond acceptors (Lipinski definition) is 8. The summed E-state index contributed by atoms with van der Waals surface area (Å²) in [6.07, 6.45) is 4.20. The van der Waals surface area contributed by atoms with Gasteiger partial charge in [0.05, 0.1) is 36.2 Å². The highest BCUT2D eigenvalue weighted by atomic mass is 16.5. The Bertz CT molecular complexity index is 1620. The summed E-state index contributed by atoms with van der Waals surface area (Å²) in [6, 6.07) is 5.98. The maximum Gasteiger partial charge on any atom is 0.335 e. The largest absolute Gasteiger partial charge is 0.491 e. The number of rotatable bonds is 5. The van der Waals surface area contributed by atoms with E-state index in [0.717, 1.165) is 0 Å². The zero-order chi connectivity index (χ0) is 29.3. The SMILES string of the molecule is CC(=O)Cc1nc2cc(C(N)=O)cc3c2n1C/C=C/Cn1c(NC(C)=O)nc2cc(C(=O)O)cc(c21)OCCCO3. The number of amides is 2. The Hall–Kier alpha value is -5.20. The van der Waals surface area contributed by atoms with E-state index in [4.69, 9.17) is 15.2 Å². The highest BCUT2D eigenvalue weighted by molar-refractivity contribution is 5.99. The average Bonchev–Trinajstić information content (AvgIpc) is 3.41. The van der Waals surface area contributed by atoms with Crippen LogP contribution in [0.5, 0.6) is 11.5 Å². The number of aromatic nitrogens is 4. The van der Waals surface area contributed by atoms with Crippen molar-refractivity contribution in [3.05, 3.63) is 53.4 Å². The molecular formula is C28H28N6O7. The lowest BCUT2D eigenvalue weighted by Crippen LogP contribution is -2.12. The van der Waals surface area contributed by atoms with Gasteiger partial charge in [0, 0.05) is 32.0 Å². The summed E-state index contributed by atoms with van der Waals surface area (Å²) in [6.45, 7) is 3.78. The molecule has 0 bridgehead atoms. The molecule has 0 saturated heterocycles. The normalized spacial score (nSPS) is 14.4. The first-order valence-corrected chi connectivity index (χ1v) is 12.9. The van der Waals surface area contributed by atoms with E-state index in [0.29, 0.717) is 52.4 Å². The maximum absolute atomic E-state index is 12.0. The molecule has 5 rings (SSSR count). The van der Waals surface area contributed by atoms with E-state index in [2.05, 4.69) is 15.3 Å². The van der Waals surface area contributed by atoms with E-state index in [1.54, 1.807) is 16.7 Å². The number of nitrogens with one attached hydrogen (secondary N) is 1. The number of allylic oxidation sites excluding steroid dienone is 2. The number of anilines is 1. The number of imidazole rings is 2. The minimum Gasteiger partial charge on any atom is -0.491 e. The molecule has 4 N–H and O–H groups in total. The topological polar surface area (TPSA) is 181 Å². The van der Waals surface area contributed by atoms with Crippen molar-refractivity contribution in [3.8, 4) is 11.5 Å². The first-order chi connectivity index (χ1) is 19.6. The van der Waals surface area contributed by atoms with Gasteiger partial charge in [-0.25, -0.2) is 14.8 Å². The van der Waals surface area contributed by atoms with E-state index >= 15 is 0 Å². The van der Waals surface area contributed by atoms with Crippen LogP contribution in [0, 0.1) is 0 Å². The highest BCUT2D eigenvalue weighted by Crippen LogP contribution is 2.32. The molecule has 3 heterocycles. The van der Waals surface area contributed by atoms with Crippen LogP contribution in [0.15, 0.2) is 36.4 Å². The number of aromatic carboxylic acids is 1. The van der Waals surface area contributed by atoms with E-state index in [1.807, 2.05) is 16.7 Å². The standard InChI is InChI=1S/C28H28N6O7/c1-15(35)10-23-31-19-11-17(26(29)37)13-21-24(19)33(23)6-3-4-7-34-25-20(32-28(34)30-16(2)36)12-18(27(38)39)14-22(25)41-9-5-8-40-21/h3-4,11-14H,5-10H2,1-2H3,(H2,29,37)(H,38,39)(H,30,32,36)/b4-3+. The summed E-state index contributed by atoms with van der Waals surface area (Å²) in [5, 5.41) is 12.3. The van der Waals surface area contributed by atoms with Gasteiger partial charge in [-0.1, -0.05) is 12.2 Å². The minimum atomic E-state index is -1.14. The predicted molar refractivity (Wildman–Crippen MR) is 148 cm³/mol. The Labute approximate surface area is 233 Å². The molecule has 0 saturated carbocycles. The number of primary amides is 1. The molecule has 0 aliphatic carbocycles. The van der Waals surface area contributed by atoms with Gasteiger partial charge < -0.3 is 29.4 Å². The molecule has 2 amide bonds. The van der Waals surface area contributed by atoms with Crippen LogP contribution in [0.25, 0.3) is 22.1 Å². The molecule has 0 atom stereocenters. The molecule has 13 nitrogen and oxygen atoms in total. The van der Waals surface area contributed by atoms with Crippen molar-refractivity contribution < 1.29 is 33.8 Å². The van der Waals surface area contributed by atoms with Crippen molar-refractivity contribution in [2.75, 3.05) is 18.5 Å². The molecular weight excluding hydrogens is 532 g/mol. The summed E-state index contributed by atoms with van der Waals surface area (Å²) >= 11 is 0. The number of benzene rings is 2. The monoisotopic (exact) mass is 560 g/mol. The van der Waals surface area contributed by atoms with Crippen molar-refractivity contribution in [1.29, 1.82) is 0 Å². The average molecular weight is 561 g/mol. The summed E-state index contributed by atoms with van der Waals surface area (Å²) in [7, 11) is 0. The summed E-state index contributed by atoms with van der Waals surface area (Å²) < 4.78 is 15.7. The lowest BCUT2D eigenvalue weighted by atomic mass is 10.1. The maximum atomic E-state index is 12.0. The van der Waals surface area contributed by atoms with Crippen molar-refractivity contribution in [2.45, 2.75) is 39.8 Å². The first-order valence-electron chi connectivity index (χ1n) is 12.9. The third kappa shape index (κ3) is 5.60. The second-order valence-corrected chi connectivity index (χ2v) is 9.62. The lowest BCUT2D eigenvalue weighted by molar-refractivity contribution is -0.116. The molecule has 41 heavy (non-hydrogen) atoms. The number of nitrogens with zero attached hydrogens (tertiary/aromatic N) is 4.